The summed E-state index contributed by atoms with van der Waals surface area (Å²) < 4.78 is 21.9. The Bertz CT molecular complexity index is 1090. The number of nitrogens with one attached hydrogen (secondary N) is 1. The van der Waals surface area contributed by atoms with Gasteiger partial charge in [0.15, 0.2) is 11.3 Å². The maximum absolute atomic E-state index is 14.6. The van der Waals surface area contributed by atoms with Crippen LogP contribution in [-0.2, 0) is 13.1 Å². The second-order valence-electron chi connectivity index (χ2n) is 8.58. The molecule has 2 aromatic heterocycles. The van der Waals surface area contributed by atoms with Crippen LogP contribution in [0.2, 0.25) is 0 Å². The van der Waals surface area contributed by atoms with Crippen LogP contribution < -0.4 is 15.8 Å². The molecule has 1 fully saturated rings. The van der Waals surface area contributed by atoms with E-state index in [2.05, 4.69) is 56.3 Å². The molecule has 0 aliphatic carbocycles. The van der Waals surface area contributed by atoms with Gasteiger partial charge >= 0.3 is 0 Å². The predicted molar refractivity (Wildman–Crippen MR) is 128 cm³/mol. The number of nitrogens with zero attached hydrogens (tertiary/aromatic N) is 6. The van der Waals surface area contributed by atoms with E-state index in [1.54, 1.807) is 11.8 Å². The smallest absolute Gasteiger partial charge is 0.259 e. The van der Waals surface area contributed by atoms with Crippen LogP contribution in [0.1, 0.15) is 30.9 Å². The van der Waals surface area contributed by atoms with Gasteiger partial charge in [0.2, 0.25) is 5.95 Å². The average molecular weight is 457 g/mol. The van der Waals surface area contributed by atoms with E-state index in [4.69, 9.17) is 10.5 Å². The van der Waals surface area contributed by atoms with Crippen LogP contribution in [0.5, 0.6) is 5.75 Å². The summed E-state index contributed by atoms with van der Waals surface area (Å²) in [5.41, 5.74) is 8.53. The summed E-state index contributed by atoms with van der Waals surface area (Å²) in [6.07, 6.45) is 1.99. The monoisotopic (exact) mass is 456 g/mol. The lowest BCUT2D eigenvalue weighted by Gasteiger charge is -2.32. The van der Waals surface area contributed by atoms with Gasteiger partial charge in [-0.15, -0.1) is 5.10 Å². The minimum Gasteiger partial charge on any atom is -0.496 e. The molecule has 0 amide bonds. The minimum absolute atomic E-state index is 0.0192. The molecule has 0 atom stereocenters. The number of fused-ring (bicyclic) bond motifs is 1. The first-order valence-electron chi connectivity index (χ1n) is 11.5. The Morgan fingerprint density at radius 3 is 2.67 bits per heavy atom. The standard InChI is InChI=1S/C23H33FN8O/c1-4-5-8-26-22-20-19(27-23(25)28-22)21(24)29-32(20)15-17-7-6-16(13-18(17)33-3)14-31-11-9-30(2)10-12-31/h6-7,13H,4-5,8-12,14-15H2,1-3H3,(H3,25,26,27,28). The van der Waals surface area contributed by atoms with Crippen LogP contribution in [-0.4, -0.2) is 76.4 Å². The summed E-state index contributed by atoms with van der Waals surface area (Å²) in [6.45, 7) is 8.28. The van der Waals surface area contributed by atoms with Gasteiger partial charge in [0, 0.05) is 44.8 Å². The second kappa shape index (κ2) is 10.3. The Morgan fingerprint density at radius 2 is 1.94 bits per heavy atom. The van der Waals surface area contributed by atoms with E-state index in [1.807, 2.05) is 6.07 Å². The normalized spacial score (nSPS) is 15.3. The minimum atomic E-state index is -0.664. The lowest BCUT2D eigenvalue weighted by atomic mass is 10.1. The van der Waals surface area contributed by atoms with E-state index in [-0.39, 0.29) is 11.5 Å². The molecule has 0 unspecified atom stereocenters. The van der Waals surface area contributed by atoms with Crippen molar-refractivity contribution < 1.29 is 9.13 Å². The van der Waals surface area contributed by atoms with E-state index in [1.165, 1.54) is 5.56 Å². The number of rotatable bonds is 9. The molecule has 4 rings (SSSR count). The zero-order chi connectivity index (χ0) is 23.4. The summed E-state index contributed by atoms with van der Waals surface area (Å²) in [7, 11) is 3.81. The SMILES string of the molecule is CCCCNc1nc(N)nc2c(F)nn(Cc3ccc(CN4CCN(C)CC4)cc3OC)c12. The molecule has 1 aliphatic heterocycles. The fourth-order valence-corrected chi connectivity index (χ4v) is 4.13. The van der Waals surface area contributed by atoms with E-state index in [0.717, 1.165) is 56.9 Å². The largest absolute Gasteiger partial charge is 0.496 e. The Hall–Kier alpha value is -2.98. The fourth-order valence-electron chi connectivity index (χ4n) is 4.13. The first-order chi connectivity index (χ1) is 16.0. The molecule has 3 N–H and O–H groups in total. The Labute approximate surface area is 193 Å². The molecule has 0 radical (unpaired) electrons. The summed E-state index contributed by atoms with van der Waals surface area (Å²) in [6, 6.07) is 6.19. The summed E-state index contributed by atoms with van der Waals surface area (Å²) in [5.74, 6) is 0.602. The van der Waals surface area contributed by atoms with Gasteiger partial charge < -0.3 is 20.7 Å². The number of ether oxygens (including phenoxy) is 1. The number of hydrogen-bond donors (Lipinski definition) is 2. The molecule has 10 heteroatoms. The van der Waals surface area contributed by atoms with Crippen LogP contribution in [0.4, 0.5) is 16.2 Å². The molecule has 1 aliphatic rings. The van der Waals surface area contributed by atoms with Crippen molar-refractivity contribution in [3.63, 3.8) is 0 Å². The van der Waals surface area contributed by atoms with Gasteiger partial charge in [-0.1, -0.05) is 25.5 Å². The molecule has 3 aromatic rings. The zero-order valence-corrected chi connectivity index (χ0v) is 19.6. The van der Waals surface area contributed by atoms with Gasteiger partial charge in [-0.05, 0) is 25.1 Å². The summed E-state index contributed by atoms with van der Waals surface area (Å²) in [4.78, 5) is 13.2. The molecule has 0 spiro atoms. The van der Waals surface area contributed by atoms with Crippen molar-refractivity contribution >= 4 is 22.8 Å². The van der Waals surface area contributed by atoms with E-state index < -0.39 is 5.95 Å². The highest BCUT2D eigenvalue weighted by atomic mass is 19.1. The number of aromatic nitrogens is 4. The molecule has 9 nitrogen and oxygen atoms in total. The number of hydrogen-bond acceptors (Lipinski definition) is 8. The fraction of sp³-hybridized carbons (Fsp3) is 0.522. The molecule has 1 aromatic carbocycles. The number of nitrogens with two attached hydrogens (primary N) is 1. The third-order valence-electron chi connectivity index (χ3n) is 6.06. The average Bonchev–Trinajstić information content (AvgIpc) is 3.11. The van der Waals surface area contributed by atoms with Gasteiger partial charge in [-0.25, -0.2) is 4.98 Å². The van der Waals surface area contributed by atoms with Crippen molar-refractivity contribution in [1.29, 1.82) is 0 Å². The maximum atomic E-state index is 14.6. The van der Waals surface area contributed by atoms with Crippen molar-refractivity contribution in [1.82, 2.24) is 29.5 Å². The molecule has 0 saturated carbocycles. The number of anilines is 2. The molecule has 3 heterocycles. The highest BCUT2D eigenvalue weighted by molar-refractivity contribution is 5.87. The van der Waals surface area contributed by atoms with Gasteiger partial charge in [-0.2, -0.15) is 9.37 Å². The van der Waals surface area contributed by atoms with E-state index >= 15 is 0 Å². The summed E-state index contributed by atoms with van der Waals surface area (Å²) >= 11 is 0. The van der Waals surface area contributed by atoms with Crippen molar-refractivity contribution in [2.24, 2.45) is 0 Å². The molecule has 33 heavy (non-hydrogen) atoms. The Kier molecular flexibility index (Phi) is 7.24. The van der Waals surface area contributed by atoms with Crippen LogP contribution >= 0.6 is 0 Å². The van der Waals surface area contributed by atoms with Crippen molar-refractivity contribution in [2.45, 2.75) is 32.9 Å². The number of likely N-dealkylation sites (N-methyl/N-ethyl adjacent to an activating group) is 1. The second-order valence-corrected chi connectivity index (χ2v) is 8.58. The van der Waals surface area contributed by atoms with Crippen molar-refractivity contribution in [3.8, 4) is 5.75 Å². The quantitative estimate of drug-likeness (QED) is 0.474. The lowest BCUT2D eigenvalue weighted by molar-refractivity contribution is 0.148. The van der Waals surface area contributed by atoms with Crippen molar-refractivity contribution in [3.05, 3.63) is 35.3 Å². The van der Waals surface area contributed by atoms with E-state index in [9.17, 15) is 4.39 Å². The number of methoxy groups -OCH3 is 1. The third-order valence-corrected chi connectivity index (χ3v) is 6.06. The summed E-state index contributed by atoms with van der Waals surface area (Å²) in [5, 5.41) is 7.35. The maximum Gasteiger partial charge on any atom is 0.259 e. The number of piperazine rings is 1. The molecular weight excluding hydrogens is 423 g/mol. The molecule has 0 bridgehead atoms. The number of unbranched alkanes of at least 4 members (excludes halogenated alkanes) is 1. The van der Waals surface area contributed by atoms with Crippen LogP contribution in [0.25, 0.3) is 11.0 Å². The topological polar surface area (TPSA) is 97.4 Å². The lowest BCUT2D eigenvalue weighted by Crippen LogP contribution is -2.43. The first-order valence-corrected chi connectivity index (χ1v) is 11.5. The van der Waals surface area contributed by atoms with Crippen LogP contribution in [0.3, 0.4) is 0 Å². The van der Waals surface area contributed by atoms with Crippen LogP contribution in [0.15, 0.2) is 18.2 Å². The van der Waals surface area contributed by atoms with E-state index in [0.29, 0.717) is 24.4 Å². The zero-order valence-electron chi connectivity index (χ0n) is 19.6. The number of halogens is 1. The number of benzene rings is 1. The Balaban J connectivity index is 1.59. The van der Waals surface area contributed by atoms with Crippen LogP contribution in [0, 0.1) is 5.95 Å². The molecular formula is C23H33FN8O. The third kappa shape index (κ3) is 5.33. The number of nitrogen functional groups attached to an aromatic ring is 1. The van der Waals surface area contributed by atoms with Gasteiger partial charge in [0.05, 0.1) is 13.7 Å². The highest BCUT2D eigenvalue weighted by Crippen LogP contribution is 2.27. The van der Waals surface area contributed by atoms with Crippen molar-refractivity contribution in [2.75, 3.05) is 57.9 Å². The van der Waals surface area contributed by atoms with Gasteiger partial charge in [0.25, 0.3) is 5.95 Å². The molecule has 1 saturated heterocycles. The highest BCUT2D eigenvalue weighted by Gasteiger charge is 2.20. The Morgan fingerprint density at radius 1 is 1.15 bits per heavy atom. The van der Waals surface area contributed by atoms with Gasteiger partial charge in [-0.3, -0.25) is 9.58 Å². The van der Waals surface area contributed by atoms with Gasteiger partial charge in [0.1, 0.15) is 11.3 Å². The predicted octanol–water partition coefficient (Wildman–Crippen LogP) is 2.56. The first kappa shape index (κ1) is 23.2. The molecule has 178 valence electrons.